The predicted molar refractivity (Wildman–Crippen MR) is 84.4 cm³/mol. The zero-order valence-corrected chi connectivity index (χ0v) is 13.4. The van der Waals surface area contributed by atoms with Crippen LogP contribution in [0.15, 0.2) is 16.8 Å². The second kappa shape index (κ2) is 6.83. The van der Waals surface area contributed by atoms with E-state index in [1.165, 1.54) is 0 Å². The zero-order chi connectivity index (χ0) is 14.5. The smallest absolute Gasteiger partial charge is 0.319 e. The Morgan fingerprint density at radius 2 is 2.20 bits per heavy atom. The summed E-state index contributed by atoms with van der Waals surface area (Å²) in [5, 5.41) is 10.5. The number of carbonyl (C=O) groups is 1. The van der Waals surface area contributed by atoms with Gasteiger partial charge in [-0.05, 0) is 32.5 Å². The number of nitrogens with one attached hydrogen (secondary N) is 2. The molecule has 0 spiro atoms. The third-order valence-electron chi connectivity index (χ3n) is 2.58. The maximum Gasteiger partial charge on any atom is 0.319 e. The van der Waals surface area contributed by atoms with Crippen molar-refractivity contribution in [3.05, 3.63) is 32.4 Å². The van der Waals surface area contributed by atoms with Crippen LogP contribution in [0.5, 0.6) is 0 Å². The summed E-state index contributed by atoms with van der Waals surface area (Å²) in [4.78, 5) is 19.4. The van der Waals surface area contributed by atoms with E-state index in [-0.39, 0.29) is 6.03 Å². The molecule has 0 radical (unpaired) electrons. The van der Waals surface area contributed by atoms with Crippen molar-refractivity contribution >= 4 is 34.4 Å². The van der Waals surface area contributed by atoms with E-state index in [0.717, 1.165) is 27.8 Å². The average molecular weight is 310 g/mol. The molecule has 0 aliphatic rings. The van der Waals surface area contributed by atoms with Gasteiger partial charge in [0.15, 0.2) is 0 Å². The molecule has 5 nitrogen and oxygen atoms in total. The molecule has 0 saturated heterocycles. The minimum absolute atomic E-state index is 0.198. The molecule has 0 aliphatic carbocycles. The number of thiazole rings is 1. The van der Waals surface area contributed by atoms with Crippen LogP contribution in [-0.4, -0.2) is 30.0 Å². The van der Waals surface area contributed by atoms with Crippen molar-refractivity contribution in [1.82, 2.24) is 15.2 Å². The minimum atomic E-state index is -0.198. The Morgan fingerprint density at radius 3 is 2.85 bits per heavy atom. The highest BCUT2D eigenvalue weighted by Crippen LogP contribution is 2.20. The molecule has 0 bridgehead atoms. The van der Waals surface area contributed by atoms with Crippen LogP contribution in [0, 0.1) is 6.92 Å². The van der Waals surface area contributed by atoms with Crippen molar-refractivity contribution in [2.75, 3.05) is 19.4 Å². The lowest BCUT2D eigenvalue weighted by Crippen LogP contribution is -2.28. The molecule has 2 aromatic rings. The minimum Gasteiger partial charge on any atom is -0.331 e. The first kappa shape index (κ1) is 15.0. The Bertz CT molecular complexity index is 576. The number of hydrogen-bond acceptors (Lipinski definition) is 5. The fourth-order valence-electron chi connectivity index (χ4n) is 1.66. The van der Waals surface area contributed by atoms with Gasteiger partial charge in [0.1, 0.15) is 5.01 Å². The van der Waals surface area contributed by atoms with Crippen molar-refractivity contribution < 1.29 is 4.79 Å². The van der Waals surface area contributed by atoms with Crippen LogP contribution in [0.3, 0.4) is 0 Å². The van der Waals surface area contributed by atoms with E-state index < -0.39 is 0 Å². The van der Waals surface area contributed by atoms with Crippen molar-refractivity contribution in [2.24, 2.45) is 0 Å². The number of anilines is 1. The van der Waals surface area contributed by atoms with Crippen LogP contribution in [0.2, 0.25) is 0 Å². The van der Waals surface area contributed by atoms with Gasteiger partial charge in [-0.1, -0.05) is 0 Å². The van der Waals surface area contributed by atoms with Crippen LogP contribution in [-0.2, 0) is 13.1 Å². The molecule has 0 fully saturated rings. The molecule has 0 atom stereocenters. The maximum absolute atomic E-state index is 11.8. The van der Waals surface area contributed by atoms with E-state index in [9.17, 15) is 4.79 Å². The van der Waals surface area contributed by atoms with Gasteiger partial charge in [0.2, 0.25) is 0 Å². The van der Waals surface area contributed by atoms with Gasteiger partial charge in [0.25, 0.3) is 0 Å². The number of hydrogen-bond donors (Lipinski definition) is 2. The lowest BCUT2D eigenvalue weighted by Gasteiger charge is -2.06. The van der Waals surface area contributed by atoms with Gasteiger partial charge in [-0.15, -0.1) is 22.7 Å². The monoisotopic (exact) mass is 310 g/mol. The quantitative estimate of drug-likeness (QED) is 0.893. The molecule has 20 heavy (non-hydrogen) atoms. The lowest BCUT2D eigenvalue weighted by atomic mass is 10.4. The number of nitrogens with zero attached hydrogens (tertiary/aromatic N) is 2. The van der Waals surface area contributed by atoms with Gasteiger partial charge in [-0.3, -0.25) is 0 Å². The highest BCUT2D eigenvalue weighted by molar-refractivity contribution is 7.10. The fourth-order valence-corrected chi connectivity index (χ4v) is 3.04. The molecular weight excluding hydrogens is 292 g/mol. The summed E-state index contributed by atoms with van der Waals surface area (Å²) >= 11 is 3.18. The summed E-state index contributed by atoms with van der Waals surface area (Å²) in [6.07, 6.45) is 0. The summed E-state index contributed by atoms with van der Waals surface area (Å²) in [5.41, 5.74) is 1.89. The Labute approximate surface area is 126 Å². The normalized spacial score (nSPS) is 10.8. The Balaban J connectivity index is 1.81. The van der Waals surface area contributed by atoms with E-state index in [1.54, 1.807) is 22.7 Å². The maximum atomic E-state index is 11.8. The van der Waals surface area contributed by atoms with Gasteiger partial charge in [-0.25, -0.2) is 9.78 Å². The molecule has 0 saturated carbocycles. The number of carbonyl (C=O) groups excluding carboxylic acids is 1. The number of amides is 2. The Hall–Kier alpha value is -1.44. The van der Waals surface area contributed by atoms with Crippen molar-refractivity contribution in [1.29, 1.82) is 0 Å². The Kier molecular flexibility index (Phi) is 5.11. The van der Waals surface area contributed by atoms with Crippen molar-refractivity contribution in [3.8, 4) is 0 Å². The summed E-state index contributed by atoms with van der Waals surface area (Å²) in [5.74, 6) is 0. The van der Waals surface area contributed by atoms with Crippen LogP contribution in [0.1, 0.15) is 15.6 Å². The predicted octanol–water partition coefficient (Wildman–Crippen LogP) is 2.90. The van der Waals surface area contributed by atoms with E-state index in [2.05, 4.69) is 20.5 Å². The molecule has 2 amide bonds. The SMILES string of the molecule is Cc1sccc1NC(=O)NCc1nc(CN(C)C)cs1. The standard InChI is InChI=1S/C13H18N4OS2/c1-9-11(4-5-19-9)16-13(18)14-6-12-15-10(8-20-12)7-17(2)3/h4-5,8H,6-7H2,1-3H3,(H2,14,16,18). The first-order valence-corrected chi connectivity index (χ1v) is 7.97. The second-order valence-electron chi connectivity index (χ2n) is 4.67. The van der Waals surface area contributed by atoms with Crippen LogP contribution in [0.25, 0.3) is 0 Å². The van der Waals surface area contributed by atoms with E-state index in [4.69, 9.17) is 0 Å². The zero-order valence-electron chi connectivity index (χ0n) is 11.8. The molecular formula is C13H18N4OS2. The molecule has 2 aromatic heterocycles. The summed E-state index contributed by atoms with van der Waals surface area (Å²) in [6.45, 7) is 3.25. The fraction of sp³-hybridized carbons (Fsp3) is 0.385. The average Bonchev–Trinajstić information content (AvgIpc) is 2.97. The number of rotatable bonds is 5. The molecule has 2 N–H and O–H groups in total. The molecule has 0 aromatic carbocycles. The van der Waals surface area contributed by atoms with Gasteiger partial charge in [0, 0.05) is 16.8 Å². The third-order valence-corrected chi connectivity index (χ3v) is 4.33. The number of aromatic nitrogens is 1. The first-order chi connectivity index (χ1) is 9.54. The van der Waals surface area contributed by atoms with Crippen LogP contribution >= 0.6 is 22.7 Å². The van der Waals surface area contributed by atoms with Gasteiger partial charge >= 0.3 is 6.03 Å². The molecule has 2 heterocycles. The second-order valence-corrected chi connectivity index (χ2v) is 6.73. The number of thiophene rings is 1. The lowest BCUT2D eigenvalue weighted by molar-refractivity contribution is 0.251. The molecule has 0 unspecified atom stereocenters. The van der Waals surface area contributed by atoms with Crippen molar-refractivity contribution in [3.63, 3.8) is 0 Å². The topological polar surface area (TPSA) is 57.3 Å². The highest BCUT2D eigenvalue weighted by atomic mass is 32.1. The van der Waals surface area contributed by atoms with E-state index >= 15 is 0 Å². The first-order valence-electron chi connectivity index (χ1n) is 6.21. The largest absolute Gasteiger partial charge is 0.331 e. The molecule has 2 rings (SSSR count). The molecule has 7 heteroatoms. The van der Waals surface area contributed by atoms with Gasteiger partial charge in [0.05, 0.1) is 17.9 Å². The Morgan fingerprint density at radius 1 is 1.40 bits per heavy atom. The van der Waals surface area contributed by atoms with Crippen molar-refractivity contribution in [2.45, 2.75) is 20.0 Å². The number of aryl methyl sites for hydroxylation is 1. The number of urea groups is 1. The summed E-state index contributed by atoms with van der Waals surface area (Å²) in [7, 11) is 4.02. The van der Waals surface area contributed by atoms with Crippen LogP contribution < -0.4 is 10.6 Å². The third kappa shape index (κ3) is 4.29. The molecule has 108 valence electrons. The highest BCUT2D eigenvalue weighted by Gasteiger charge is 2.07. The van der Waals surface area contributed by atoms with E-state index in [1.807, 2.05) is 37.8 Å². The molecule has 0 aliphatic heterocycles. The van der Waals surface area contributed by atoms with Crippen LogP contribution in [0.4, 0.5) is 10.5 Å². The van der Waals surface area contributed by atoms with E-state index in [0.29, 0.717) is 6.54 Å². The van der Waals surface area contributed by atoms with Gasteiger partial charge in [-0.2, -0.15) is 0 Å². The summed E-state index contributed by atoms with van der Waals surface area (Å²) < 4.78 is 0. The summed E-state index contributed by atoms with van der Waals surface area (Å²) in [6, 6.07) is 1.70. The van der Waals surface area contributed by atoms with Gasteiger partial charge < -0.3 is 15.5 Å².